The third-order valence-corrected chi connectivity index (χ3v) is 4.08. The van der Waals surface area contributed by atoms with Gasteiger partial charge in [-0.1, -0.05) is 0 Å². The van der Waals surface area contributed by atoms with E-state index in [0.29, 0.717) is 16.4 Å². The Kier molecular flexibility index (Phi) is 4.50. The van der Waals surface area contributed by atoms with Crippen LogP contribution in [0, 0.1) is 14.9 Å². The van der Waals surface area contributed by atoms with Gasteiger partial charge in [0.15, 0.2) is 4.77 Å². The second kappa shape index (κ2) is 6.75. The molecule has 1 aromatic carbocycles. The van der Waals surface area contributed by atoms with Crippen LogP contribution in [0.25, 0.3) is 11.3 Å². The summed E-state index contributed by atoms with van der Waals surface area (Å²) in [6.45, 7) is 0. The number of nitro groups is 1. The van der Waals surface area contributed by atoms with E-state index in [4.69, 9.17) is 12.2 Å². The van der Waals surface area contributed by atoms with Crippen LogP contribution in [0.4, 0.5) is 10.8 Å². The number of aromatic amines is 2. The highest BCUT2D eigenvalue weighted by molar-refractivity contribution is 7.71. The second-order valence-corrected chi connectivity index (χ2v) is 5.99. The predicted molar refractivity (Wildman–Crippen MR) is 95.4 cm³/mol. The van der Waals surface area contributed by atoms with Crippen LogP contribution < -0.4 is 5.56 Å². The molecule has 0 aliphatic carbocycles. The van der Waals surface area contributed by atoms with Crippen molar-refractivity contribution in [2.45, 2.75) is 0 Å². The molecule has 3 aromatic rings. The number of aromatic nitrogens is 3. The summed E-state index contributed by atoms with van der Waals surface area (Å²) in [6, 6.07) is 5.96. The number of aromatic hydroxyl groups is 1. The average molecular weight is 375 g/mol. The van der Waals surface area contributed by atoms with Crippen molar-refractivity contribution in [3.8, 4) is 17.1 Å². The lowest BCUT2D eigenvalue weighted by Crippen LogP contribution is -2.13. The van der Waals surface area contributed by atoms with Gasteiger partial charge in [0.05, 0.1) is 10.6 Å². The number of nitro benzene ring substituents is 1. The van der Waals surface area contributed by atoms with E-state index in [-0.39, 0.29) is 21.9 Å². The minimum absolute atomic E-state index is 0.00615. The van der Waals surface area contributed by atoms with Crippen LogP contribution in [-0.4, -0.2) is 31.2 Å². The summed E-state index contributed by atoms with van der Waals surface area (Å²) in [7, 11) is 0. The number of benzene rings is 1. The molecular weight excluding hydrogens is 366 g/mol. The maximum atomic E-state index is 11.7. The second-order valence-electron chi connectivity index (χ2n) is 4.75. The van der Waals surface area contributed by atoms with Crippen molar-refractivity contribution in [3.05, 3.63) is 60.4 Å². The minimum Gasteiger partial charge on any atom is -0.494 e. The third kappa shape index (κ3) is 3.67. The molecule has 3 N–H and O–H groups in total. The molecule has 0 spiro atoms. The van der Waals surface area contributed by atoms with E-state index >= 15 is 0 Å². The molecule has 0 aliphatic heterocycles. The molecule has 11 heteroatoms. The predicted octanol–water partition coefficient (Wildman–Crippen LogP) is 2.92. The average Bonchev–Trinajstić information content (AvgIpc) is 3.03. The molecule has 0 saturated heterocycles. The third-order valence-electron chi connectivity index (χ3n) is 3.13. The van der Waals surface area contributed by atoms with Gasteiger partial charge in [-0.25, -0.2) is 9.98 Å². The molecule has 2 heterocycles. The van der Waals surface area contributed by atoms with Gasteiger partial charge in [0, 0.05) is 29.3 Å². The van der Waals surface area contributed by atoms with Gasteiger partial charge in [0.2, 0.25) is 11.0 Å². The van der Waals surface area contributed by atoms with E-state index in [1.54, 1.807) is 17.5 Å². The number of hydrogen-bond acceptors (Lipinski definition) is 8. The quantitative estimate of drug-likeness (QED) is 0.277. The zero-order valence-corrected chi connectivity index (χ0v) is 13.9. The Morgan fingerprint density at radius 3 is 2.68 bits per heavy atom. The van der Waals surface area contributed by atoms with Crippen LogP contribution in [0.3, 0.4) is 0 Å². The summed E-state index contributed by atoms with van der Waals surface area (Å²) in [5.74, 6) is -0.385. The number of thiazole rings is 1. The van der Waals surface area contributed by atoms with E-state index in [0.717, 1.165) is 0 Å². The van der Waals surface area contributed by atoms with Crippen molar-refractivity contribution in [2.75, 3.05) is 0 Å². The van der Waals surface area contributed by atoms with Crippen LogP contribution in [0.15, 0.2) is 39.4 Å². The Labute approximate surface area is 148 Å². The Hall–Kier alpha value is -3.18. The molecule has 3 rings (SSSR count). The van der Waals surface area contributed by atoms with Crippen LogP contribution in [0.1, 0.15) is 5.56 Å². The monoisotopic (exact) mass is 375 g/mol. The molecule has 0 aliphatic rings. The van der Waals surface area contributed by atoms with Crippen molar-refractivity contribution in [1.82, 2.24) is 15.0 Å². The summed E-state index contributed by atoms with van der Waals surface area (Å²) >= 11 is 5.96. The first-order valence-electron chi connectivity index (χ1n) is 6.74. The van der Waals surface area contributed by atoms with Crippen LogP contribution in [0.5, 0.6) is 5.88 Å². The van der Waals surface area contributed by atoms with E-state index in [2.05, 4.69) is 19.9 Å². The lowest BCUT2D eigenvalue weighted by Gasteiger charge is -1.96. The highest BCUT2D eigenvalue weighted by Crippen LogP contribution is 2.28. The number of rotatable bonds is 4. The molecule has 0 unspecified atom stereocenters. The van der Waals surface area contributed by atoms with Crippen molar-refractivity contribution >= 4 is 40.6 Å². The normalized spacial score (nSPS) is 11.0. The van der Waals surface area contributed by atoms with Gasteiger partial charge in [-0.3, -0.25) is 19.9 Å². The fourth-order valence-electron chi connectivity index (χ4n) is 1.93. The Balaban J connectivity index is 1.86. The molecule has 126 valence electrons. The number of nitrogens with zero attached hydrogens (tertiary/aromatic N) is 3. The van der Waals surface area contributed by atoms with E-state index in [9.17, 15) is 20.0 Å². The lowest BCUT2D eigenvalue weighted by molar-refractivity contribution is -0.384. The number of non-ortho nitro benzene ring substituents is 1. The summed E-state index contributed by atoms with van der Waals surface area (Å²) in [5, 5.41) is 22.5. The van der Waals surface area contributed by atoms with Crippen molar-refractivity contribution < 1.29 is 10.0 Å². The largest absolute Gasteiger partial charge is 0.494 e. The summed E-state index contributed by atoms with van der Waals surface area (Å²) < 4.78 is 0.00866. The smallest absolute Gasteiger partial charge is 0.269 e. The van der Waals surface area contributed by atoms with Crippen LogP contribution >= 0.6 is 23.6 Å². The Bertz CT molecular complexity index is 1080. The highest BCUT2D eigenvalue weighted by Gasteiger charge is 2.09. The molecule has 9 nitrogen and oxygen atoms in total. The molecule has 2 aromatic heterocycles. The van der Waals surface area contributed by atoms with Gasteiger partial charge in [-0.05, 0) is 24.4 Å². The topological polar surface area (TPSA) is 137 Å². The van der Waals surface area contributed by atoms with Gasteiger partial charge in [-0.15, -0.1) is 11.3 Å². The fourth-order valence-corrected chi connectivity index (χ4v) is 2.79. The molecule has 0 bridgehead atoms. The molecule has 25 heavy (non-hydrogen) atoms. The Morgan fingerprint density at radius 1 is 1.32 bits per heavy atom. The molecule has 0 saturated carbocycles. The lowest BCUT2D eigenvalue weighted by atomic mass is 10.1. The van der Waals surface area contributed by atoms with E-state index < -0.39 is 10.5 Å². The first kappa shape index (κ1) is 16.7. The van der Waals surface area contributed by atoms with Gasteiger partial charge in [-0.2, -0.15) is 0 Å². The Morgan fingerprint density at radius 2 is 2.04 bits per heavy atom. The molecule has 0 amide bonds. The molecule has 0 radical (unpaired) electrons. The van der Waals surface area contributed by atoms with E-state index in [1.165, 1.54) is 29.7 Å². The SMILES string of the molecule is O=c1[nH]c(=S)[nH]c(O)c1/C=N/c1nc(-c2ccc([N+](=O)[O-])cc2)cs1. The number of nitrogens with one attached hydrogen (secondary N) is 2. The van der Waals surface area contributed by atoms with Gasteiger partial charge < -0.3 is 10.1 Å². The molecule has 0 atom stereocenters. The van der Waals surface area contributed by atoms with Gasteiger partial charge in [0.1, 0.15) is 5.56 Å². The highest BCUT2D eigenvalue weighted by atomic mass is 32.1. The zero-order valence-electron chi connectivity index (χ0n) is 12.3. The van der Waals surface area contributed by atoms with E-state index in [1.807, 2.05) is 0 Å². The maximum absolute atomic E-state index is 11.7. The zero-order chi connectivity index (χ0) is 18.0. The van der Waals surface area contributed by atoms with Gasteiger partial charge in [0.25, 0.3) is 11.2 Å². The molecule has 0 fully saturated rings. The summed E-state index contributed by atoms with van der Waals surface area (Å²) in [5.41, 5.74) is 0.650. The van der Waals surface area contributed by atoms with Crippen LogP contribution in [0.2, 0.25) is 0 Å². The number of hydrogen-bond donors (Lipinski definition) is 3. The molecular formula is C14H9N5O4S2. The van der Waals surface area contributed by atoms with Gasteiger partial charge >= 0.3 is 0 Å². The fraction of sp³-hybridized carbons (Fsp3) is 0. The van der Waals surface area contributed by atoms with Crippen molar-refractivity contribution in [1.29, 1.82) is 0 Å². The summed E-state index contributed by atoms with van der Waals surface area (Å²) in [4.78, 5) is 35.0. The first-order valence-corrected chi connectivity index (χ1v) is 8.03. The first-order chi connectivity index (χ1) is 11.9. The maximum Gasteiger partial charge on any atom is 0.269 e. The summed E-state index contributed by atoms with van der Waals surface area (Å²) in [6.07, 6.45) is 1.18. The standard InChI is InChI=1S/C14H9N5O4S2/c20-11-9(12(21)18-13(24)17-11)5-15-14-16-10(6-25-14)7-1-3-8(4-2-7)19(22)23/h1-6H,(H3,17,18,20,21,24)/b15-5+. The van der Waals surface area contributed by atoms with Crippen LogP contribution in [-0.2, 0) is 0 Å². The van der Waals surface area contributed by atoms with Crippen molar-refractivity contribution in [2.24, 2.45) is 4.99 Å². The minimum atomic E-state index is -0.572. The number of aliphatic imine (C=N–C) groups is 1. The number of H-pyrrole nitrogens is 2. The van der Waals surface area contributed by atoms with Crippen molar-refractivity contribution in [3.63, 3.8) is 0 Å².